The van der Waals surface area contributed by atoms with Crippen molar-refractivity contribution in [1.29, 1.82) is 0 Å². The molecule has 0 saturated carbocycles. The lowest BCUT2D eigenvalue weighted by Crippen LogP contribution is -2.91. The van der Waals surface area contributed by atoms with Crippen LogP contribution in [-0.4, -0.2) is 5.11 Å². The smallest absolute Gasteiger partial charge is 0.123 e. The zero-order valence-electron chi connectivity index (χ0n) is 16.1. The minimum Gasteiger partial charge on any atom is -0.384 e. The largest absolute Gasteiger partial charge is 0.384 e. The molecular formula is C25H27FNO+. The molecule has 28 heavy (non-hydrogen) atoms. The highest BCUT2D eigenvalue weighted by Crippen LogP contribution is 2.46. The molecule has 144 valence electrons. The molecule has 0 amide bonds. The number of piperidine rings is 1. The molecule has 0 aliphatic carbocycles. The molecule has 1 heterocycles. The van der Waals surface area contributed by atoms with Gasteiger partial charge in [0, 0.05) is 23.5 Å². The molecule has 0 spiro atoms. The first kappa shape index (κ1) is 18.9. The molecule has 1 aliphatic rings. The summed E-state index contributed by atoms with van der Waals surface area (Å²) in [5.41, 5.74) is 2.21. The van der Waals surface area contributed by atoms with Crippen molar-refractivity contribution in [3.05, 3.63) is 107 Å². The van der Waals surface area contributed by atoms with Crippen LogP contribution in [0.2, 0.25) is 0 Å². The van der Waals surface area contributed by atoms with Crippen LogP contribution in [-0.2, 0) is 5.60 Å². The Morgan fingerprint density at radius 1 is 0.893 bits per heavy atom. The molecule has 3 aromatic rings. The number of nitrogens with two attached hydrogens (primary N) is 1. The number of hydrogen-bond acceptors (Lipinski definition) is 1. The molecule has 0 aromatic heterocycles. The van der Waals surface area contributed by atoms with E-state index in [2.05, 4.69) is 48.6 Å². The van der Waals surface area contributed by atoms with Gasteiger partial charge in [-0.3, -0.25) is 0 Å². The monoisotopic (exact) mass is 376 g/mol. The first-order valence-electron chi connectivity index (χ1n) is 10.0. The summed E-state index contributed by atoms with van der Waals surface area (Å²) in [6, 6.07) is 27.4. The van der Waals surface area contributed by atoms with E-state index in [4.69, 9.17) is 0 Å². The number of benzene rings is 3. The molecule has 1 saturated heterocycles. The van der Waals surface area contributed by atoms with Crippen LogP contribution < -0.4 is 5.32 Å². The normalized spacial score (nSPS) is 27.5. The van der Waals surface area contributed by atoms with Crippen molar-refractivity contribution < 1.29 is 14.8 Å². The fourth-order valence-electron chi connectivity index (χ4n) is 4.85. The van der Waals surface area contributed by atoms with Crippen LogP contribution in [0.25, 0.3) is 0 Å². The number of aliphatic hydroxyl groups is 1. The Hall–Kier alpha value is -2.49. The second-order valence-corrected chi connectivity index (χ2v) is 7.80. The number of rotatable bonds is 4. The molecule has 0 radical (unpaired) electrons. The van der Waals surface area contributed by atoms with E-state index >= 15 is 0 Å². The Balaban J connectivity index is 1.81. The van der Waals surface area contributed by atoms with Crippen LogP contribution in [0, 0.1) is 11.7 Å². The Kier molecular flexibility index (Phi) is 5.29. The SMILES string of the molecule is CC[C@@H]1[C@H](c2ccccc2)[NH2+][C@@H](c2ccccc2)C[C@@]1(O)c1ccc(F)cc1. The van der Waals surface area contributed by atoms with Gasteiger partial charge >= 0.3 is 0 Å². The molecular weight excluding hydrogens is 349 g/mol. The fraction of sp³-hybridized carbons (Fsp3) is 0.280. The third-order valence-electron chi connectivity index (χ3n) is 6.21. The standard InChI is InChI=1S/C25H26FNO/c1-2-22-24(19-11-7-4-8-12-19)27-23(18-9-5-3-6-10-18)17-25(22,28)20-13-15-21(26)16-14-20/h3-16,22-24,27-28H,2,17H2,1H3/p+1/t22-,23-,24+,25-/m1/s1. The molecule has 3 heteroatoms. The van der Waals surface area contributed by atoms with Gasteiger partial charge in [-0.2, -0.15) is 0 Å². The fourth-order valence-corrected chi connectivity index (χ4v) is 4.85. The highest BCUT2D eigenvalue weighted by atomic mass is 19.1. The summed E-state index contributed by atoms with van der Waals surface area (Å²) >= 11 is 0. The zero-order valence-corrected chi connectivity index (χ0v) is 16.1. The Morgan fingerprint density at radius 2 is 1.46 bits per heavy atom. The third-order valence-corrected chi connectivity index (χ3v) is 6.21. The summed E-state index contributed by atoms with van der Waals surface area (Å²) in [5.74, 6) is -0.248. The van der Waals surface area contributed by atoms with Gasteiger partial charge in [-0.05, 0) is 24.1 Å². The molecule has 0 bridgehead atoms. The second-order valence-electron chi connectivity index (χ2n) is 7.80. The van der Waals surface area contributed by atoms with E-state index in [1.54, 1.807) is 12.1 Å². The van der Waals surface area contributed by atoms with Crippen LogP contribution in [0.3, 0.4) is 0 Å². The van der Waals surface area contributed by atoms with Crippen molar-refractivity contribution in [2.24, 2.45) is 5.92 Å². The summed E-state index contributed by atoms with van der Waals surface area (Å²) in [6.07, 6.45) is 1.44. The summed E-state index contributed by atoms with van der Waals surface area (Å²) in [6.45, 7) is 2.13. The van der Waals surface area contributed by atoms with Crippen LogP contribution in [0.5, 0.6) is 0 Å². The van der Waals surface area contributed by atoms with Gasteiger partial charge in [-0.1, -0.05) is 79.7 Å². The Morgan fingerprint density at radius 3 is 2.04 bits per heavy atom. The maximum atomic E-state index is 13.6. The van der Waals surface area contributed by atoms with Gasteiger partial charge in [0.2, 0.25) is 0 Å². The number of quaternary nitrogens is 1. The van der Waals surface area contributed by atoms with Crippen molar-refractivity contribution in [2.45, 2.75) is 37.5 Å². The minimum absolute atomic E-state index is 0.0281. The molecule has 0 unspecified atom stereocenters. The van der Waals surface area contributed by atoms with Gasteiger partial charge in [0.25, 0.3) is 0 Å². The van der Waals surface area contributed by atoms with Crippen LogP contribution >= 0.6 is 0 Å². The van der Waals surface area contributed by atoms with Crippen LogP contribution in [0.4, 0.5) is 4.39 Å². The van der Waals surface area contributed by atoms with E-state index in [1.807, 2.05) is 24.3 Å². The summed E-state index contributed by atoms with van der Waals surface area (Å²) in [5, 5.41) is 14.4. The van der Waals surface area contributed by atoms with Gasteiger partial charge in [0.15, 0.2) is 0 Å². The van der Waals surface area contributed by atoms with E-state index in [0.29, 0.717) is 6.42 Å². The van der Waals surface area contributed by atoms with Crippen molar-refractivity contribution in [1.82, 2.24) is 0 Å². The summed E-state index contributed by atoms with van der Waals surface area (Å²) < 4.78 is 13.6. The lowest BCUT2D eigenvalue weighted by atomic mass is 9.67. The van der Waals surface area contributed by atoms with Gasteiger partial charge in [0.1, 0.15) is 23.5 Å². The Labute approximate surface area is 166 Å². The maximum Gasteiger partial charge on any atom is 0.123 e. The highest BCUT2D eigenvalue weighted by molar-refractivity contribution is 5.29. The molecule has 3 aromatic carbocycles. The van der Waals surface area contributed by atoms with E-state index in [1.165, 1.54) is 23.3 Å². The van der Waals surface area contributed by atoms with E-state index in [0.717, 1.165) is 12.0 Å². The van der Waals surface area contributed by atoms with Crippen LogP contribution in [0.15, 0.2) is 84.9 Å². The van der Waals surface area contributed by atoms with Crippen LogP contribution in [0.1, 0.15) is 48.5 Å². The van der Waals surface area contributed by atoms with Crippen molar-refractivity contribution in [3.63, 3.8) is 0 Å². The Bertz CT molecular complexity index is 897. The maximum absolute atomic E-state index is 13.6. The minimum atomic E-state index is -1.02. The molecule has 1 aliphatic heterocycles. The van der Waals surface area contributed by atoms with Gasteiger partial charge in [0.05, 0.1) is 0 Å². The molecule has 4 rings (SSSR count). The van der Waals surface area contributed by atoms with Gasteiger partial charge in [-0.25, -0.2) is 4.39 Å². The van der Waals surface area contributed by atoms with Crippen molar-refractivity contribution in [2.75, 3.05) is 0 Å². The predicted octanol–water partition coefficient (Wildman–Crippen LogP) is 4.49. The average molecular weight is 376 g/mol. The first-order valence-corrected chi connectivity index (χ1v) is 10.0. The van der Waals surface area contributed by atoms with Crippen molar-refractivity contribution in [3.8, 4) is 0 Å². The third kappa shape index (κ3) is 3.48. The molecule has 2 nitrogen and oxygen atoms in total. The topological polar surface area (TPSA) is 36.8 Å². The van der Waals surface area contributed by atoms with E-state index in [9.17, 15) is 9.50 Å². The second kappa shape index (κ2) is 7.86. The highest BCUT2D eigenvalue weighted by Gasteiger charge is 2.51. The lowest BCUT2D eigenvalue weighted by Gasteiger charge is -2.46. The zero-order chi connectivity index (χ0) is 19.6. The quantitative estimate of drug-likeness (QED) is 0.692. The van der Waals surface area contributed by atoms with E-state index < -0.39 is 5.60 Å². The lowest BCUT2D eigenvalue weighted by molar-refractivity contribution is -0.758. The van der Waals surface area contributed by atoms with Gasteiger partial charge < -0.3 is 10.4 Å². The van der Waals surface area contributed by atoms with Gasteiger partial charge in [-0.15, -0.1) is 0 Å². The average Bonchev–Trinajstić information content (AvgIpc) is 2.75. The number of hydrogen-bond donors (Lipinski definition) is 2. The number of halogens is 1. The molecule has 1 fully saturated rings. The summed E-state index contributed by atoms with van der Waals surface area (Å²) in [4.78, 5) is 0. The molecule has 4 atom stereocenters. The molecule has 3 N–H and O–H groups in total. The van der Waals surface area contributed by atoms with Crippen molar-refractivity contribution >= 4 is 0 Å². The first-order chi connectivity index (χ1) is 13.6. The predicted molar refractivity (Wildman–Crippen MR) is 109 cm³/mol. The van der Waals surface area contributed by atoms with E-state index in [-0.39, 0.29) is 23.8 Å². The summed E-state index contributed by atoms with van der Waals surface area (Å²) in [7, 11) is 0.